The van der Waals surface area contributed by atoms with E-state index in [0.29, 0.717) is 33.2 Å². The zero-order chi connectivity index (χ0) is 33.7. The normalized spacial score (nSPS) is 15.6. The van der Waals surface area contributed by atoms with Crippen molar-refractivity contribution in [2.75, 3.05) is 38.7 Å². The maximum absolute atomic E-state index is 13.9. The molecule has 1 heterocycles. The third-order valence-electron chi connectivity index (χ3n) is 8.56. The zero-order valence-electron chi connectivity index (χ0n) is 26.0. The molecule has 0 radical (unpaired) electrons. The summed E-state index contributed by atoms with van der Waals surface area (Å²) in [5.74, 6) is -0.665. The maximum atomic E-state index is 13.9. The lowest BCUT2D eigenvalue weighted by molar-refractivity contribution is 0.0949. The van der Waals surface area contributed by atoms with Gasteiger partial charge in [0, 0.05) is 23.6 Å². The molecule has 1 unspecified atom stereocenters. The quantitative estimate of drug-likeness (QED) is 0.169. The Morgan fingerprint density at radius 1 is 1.06 bits per heavy atom. The van der Waals surface area contributed by atoms with Crippen LogP contribution < -0.4 is 9.50 Å². The first kappa shape index (κ1) is 34.9. The Labute approximate surface area is 288 Å². The number of carbonyl (C=O) groups excluding carboxylic acids is 1. The third-order valence-corrected chi connectivity index (χ3v) is 10.8. The summed E-state index contributed by atoms with van der Waals surface area (Å²) in [6, 6.07) is 23.8. The van der Waals surface area contributed by atoms with Crippen LogP contribution in [-0.4, -0.2) is 62.1 Å². The Morgan fingerprint density at radius 2 is 1.77 bits per heavy atom. The molecule has 0 spiro atoms. The second kappa shape index (κ2) is 15.2. The standard InChI is InChI=1S/C35H35Cl2N3O5S2/c1-46(42)32-10-6-5-8-28(32)23-13-16-40(17-14-23)18-15-26(24-11-12-30(36)31(37)20-24)22-39-35(41)33-29-9-4-3-7-25(29)19-27(21-38)34(33)45-47(2,43)44/h3-12,19-20,23,26H,13-18,22H2,1-2H3,(H,39,41)/t26?,46-/m0/s1. The molecule has 4 aromatic rings. The van der Waals surface area contributed by atoms with Crippen molar-refractivity contribution in [3.05, 3.63) is 105 Å². The lowest BCUT2D eigenvalue weighted by Crippen LogP contribution is -2.36. The van der Waals surface area contributed by atoms with E-state index in [1.165, 1.54) is 6.07 Å². The SMILES string of the molecule is C[S@](=O)c1ccccc1C1CCN(CCC(CNC(=O)c2c(OS(C)(=O)=O)c(C#N)cc3ccccc23)c2ccc(Cl)c(Cl)c2)CC1. The number of rotatable bonds is 11. The summed E-state index contributed by atoms with van der Waals surface area (Å²) in [7, 11) is -5.09. The van der Waals surface area contributed by atoms with Gasteiger partial charge in [0.15, 0.2) is 5.75 Å². The predicted molar refractivity (Wildman–Crippen MR) is 187 cm³/mol. The zero-order valence-corrected chi connectivity index (χ0v) is 29.2. The summed E-state index contributed by atoms with van der Waals surface area (Å²) in [5.41, 5.74) is 1.98. The van der Waals surface area contributed by atoms with Crippen LogP contribution in [0.3, 0.4) is 0 Å². The number of amides is 1. The maximum Gasteiger partial charge on any atom is 0.306 e. The number of fused-ring (bicyclic) bond motifs is 1. The molecular formula is C35H35Cl2N3O5S2. The van der Waals surface area contributed by atoms with Crippen LogP contribution in [0.4, 0.5) is 0 Å². The van der Waals surface area contributed by atoms with Crippen molar-refractivity contribution in [1.29, 1.82) is 5.26 Å². The first-order valence-electron chi connectivity index (χ1n) is 15.2. The van der Waals surface area contributed by atoms with E-state index in [9.17, 15) is 22.7 Å². The first-order chi connectivity index (χ1) is 22.4. The fraction of sp³-hybridized carbons (Fsp3) is 0.314. The second-order valence-corrected chi connectivity index (χ2v) is 15.5. The number of nitriles is 1. The van der Waals surface area contributed by atoms with Crippen LogP contribution in [0.25, 0.3) is 10.8 Å². The van der Waals surface area contributed by atoms with Crippen LogP contribution in [0, 0.1) is 11.3 Å². The van der Waals surface area contributed by atoms with Gasteiger partial charge in [0.05, 0.1) is 38.2 Å². The highest BCUT2D eigenvalue weighted by atomic mass is 35.5. The number of likely N-dealkylation sites (tertiary alicyclic amines) is 1. The average molecular weight is 713 g/mol. The number of halogens is 2. The molecule has 8 nitrogen and oxygen atoms in total. The lowest BCUT2D eigenvalue weighted by Gasteiger charge is -2.33. The first-order valence-corrected chi connectivity index (χ1v) is 19.3. The van der Waals surface area contributed by atoms with Crippen LogP contribution in [0.5, 0.6) is 5.75 Å². The van der Waals surface area contributed by atoms with Gasteiger partial charge in [0.2, 0.25) is 0 Å². The van der Waals surface area contributed by atoms with Crippen molar-refractivity contribution in [2.24, 2.45) is 0 Å². The Morgan fingerprint density at radius 3 is 2.45 bits per heavy atom. The fourth-order valence-corrected chi connectivity index (χ4v) is 7.84. The monoisotopic (exact) mass is 711 g/mol. The summed E-state index contributed by atoms with van der Waals surface area (Å²) in [4.78, 5) is 17.2. The van der Waals surface area contributed by atoms with E-state index < -0.39 is 26.8 Å². The summed E-state index contributed by atoms with van der Waals surface area (Å²) < 4.78 is 41.9. The molecule has 1 saturated heterocycles. The molecule has 0 saturated carbocycles. The van der Waals surface area contributed by atoms with Gasteiger partial charge in [-0.2, -0.15) is 13.7 Å². The Bertz CT molecular complexity index is 1970. The van der Waals surface area contributed by atoms with Crippen molar-refractivity contribution in [3.8, 4) is 11.8 Å². The Kier molecular flexibility index (Phi) is 11.3. The summed E-state index contributed by atoms with van der Waals surface area (Å²) >= 11 is 12.6. The number of hydrogen-bond acceptors (Lipinski definition) is 7. The number of nitrogens with zero attached hydrogens (tertiary/aromatic N) is 2. The second-order valence-electron chi connectivity index (χ2n) is 11.7. The van der Waals surface area contributed by atoms with Crippen LogP contribution in [0.1, 0.15) is 58.1 Å². The van der Waals surface area contributed by atoms with Gasteiger partial charge in [0.25, 0.3) is 5.91 Å². The van der Waals surface area contributed by atoms with Crippen LogP contribution >= 0.6 is 23.2 Å². The molecule has 1 N–H and O–H groups in total. The minimum Gasteiger partial charge on any atom is -0.380 e. The molecule has 47 heavy (non-hydrogen) atoms. The molecule has 0 aliphatic carbocycles. The van der Waals surface area contributed by atoms with Crippen molar-refractivity contribution in [1.82, 2.24) is 10.2 Å². The van der Waals surface area contributed by atoms with E-state index in [-0.39, 0.29) is 29.3 Å². The Hall–Kier alpha value is -3.46. The van der Waals surface area contributed by atoms with Crippen LogP contribution in [0.2, 0.25) is 10.0 Å². The predicted octanol–water partition coefficient (Wildman–Crippen LogP) is 6.88. The van der Waals surface area contributed by atoms with E-state index in [0.717, 1.165) is 54.8 Å². The number of hydrogen-bond donors (Lipinski definition) is 1. The molecule has 4 aromatic carbocycles. The van der Waals surface area contributed by atoms with E-state index in [4.69, 9.17) is 27.4 Å². The molecule has 1 aliphatic rings. The highest BCUT2D eigenvalue weighted by Gasteiger charge is 2.27. The van der Waals surface area contributed by atoms with Gasteiger partial charge < -0.3 is 14.4 Å². The molecule has 1 fully saturated rings. The molecular weight excluding hydrogens is 677 g/mol. The topological polar surface area (TPSA) is 117 Å². The van der Waals surface area contributed by atoms with Crippen molar-refractivity contribution < 1.29 is 21.6 Å². The Balaban J connectivity index is 1.35. The van der Waals surface area contributed by atoms with E-state index in [1.54, 1.807) is 42.7 Å². The van der Waals surface area contributed by atoms with Crippen molar-refractivity contribution in [3.63, 3.8) is 0 Å². The van der Waals surface area contributed by atoms with Crippen molar-refractivity contribution in [2.45, 2.75) is 36.0 Å². The van der Waals surface area contributed by atoms with Gasteiger partial charge in [-0.1, -0.05) is 71.7 Å². The van der Waals surface area contributed by atoms with Crippen LogP contribution in [0.15, 0.2) is 77.7 Å². The van der Waals surface area contributed by atoms with Gasteiger partial charge in [-0.15, -0.1) is 0 Å². The smallest absolute Gasteiger partial charge is 0.306 e. The number of nitrogens with one attached hydrogen (secondary N) is 1. The molecule has 5 rings (SSSR count). The van der Waals surface area contributed by atoms with Gasteiger partial charge in [-0.25, -0.2) is 0 Å². The fourth-order valence-electron chi connectivity index (χ4n) is 6.22. The highest BCUT2D eigenvalue weighted by molar-refractivity contribution is 7.86. The van der Waals surface area contributed by atoms with E-state index >= 15 is 0 Å². The number of carbonyl (C=O) groups is 1. The molecule has 12 heteroatoms. The minimum atomic E-state index is -4.05. The van der Waals surface area contributed by atoms with E-state index in [2.05, 4.69) is 16.3 Å². The van der Waals surface area contributed by atoms with Gasteiger partial charge in [-0.3, -0.25) is 9.00 Å². The summed E-state index contributed by atoms with van der Waals surface area (Å²) in [5, 5.41) is 14.7. The van der Waals surface area contributed by atoms with Crippen LogP contribution in [-0.2, 0) is 20.9 Å². The molecule has 1 amide bonds. The number of benzene rings is 4. The third kappa shape index (κ3) is 8.53. The molecule has 0 bridgehead atoms. The van der Waals surface area contributed by atoms with Gasteiger partial charge >= 0.3 is 10.1 Å². The average Bonchev–Trinajstić information content (AvgIpc) is 3.05. The number of piperidine rings is 1. The molecule has 246 valence electrons. The molecule has 0 aromatic heterocycles. The summed E-state index contributed by atoms with van der Waals surface area (Å²) in [6.45, 7) is 2.75. The van der Waals surface area contributed by atoms with E-state index in [1.807, 2.05) is 30.3 Å². The largest absolute Gasteiger partial charge is 0.380 e. The molecule has 2 atom stereocenters. The summed E-state index contributed by atoms with van der Waals surface area (Å²) in [6.07, 6.45) is 5.20. The van der Waals surface area contributed by atoms with Gasteiger partial charge in [0.1, 0.15) is 6.07 Å². The highest BCUT2D eigenvalue weighted by Crippen LogP contribution is 2.35. The molecule has 1 aliphatic heterocycles. The van der Waals surface area contributed by atoms with Gasteiger partial charge in [-0.05, 0) is 91.0 Å². The van der Waals surface area contributed by atoms with Crippen molar-refractivity contribution >= 4 is 60.8 Å². The minimum absolute atomic E-state index is 0.0201. The lowest BCUT2D eigenvalue weighted by atomic mass is 9.88.